The number of carbonyl (C=O) groups is 2. The Morgan fingerprint density at radius 1 is 0.754 bits per heavy atom. The molecule has 6 aromatic rings. The van der Waals surface area contributed by atoms with E-state index in [9.17, 15) is 14.4 Å². The first-order valence-corrected chi connectivity index (χ1v) is 22.2. The monoisotopic (exact) mass is 882 g/mol. The molecule has 3 aromatic carbocycles. The highest BCUT2D eigenvalue weighted by Crippen LogP contribution is 2.42. The Morgan fingerprint density at radius 2 is 1.38 bits per heavy atom. The summed E-state index contributed by atoms with van der Waals surface area (Å²) in [5.74, 6) is 0.906. The van der Waals surface area contributed by atoms with Crippen LogP contribution in [0.4, 0.5) is 21.1 Å². The fourth-order valence-corrected chi connectivity index (χ4v) is 8.44. The second kappa shape index (κ2) is 18.4. The lowest BCUT2D eigenvalue weighted by Crippen LogP contribution is -2.49. The van der Waals surface area contributed by atoms with Crippen LogP contribution in [0.2, 0.25) is 0 Å². The standard InChI is InChI=1S/C51H58N6O8/c1-49(2,3)64-47(59)57(48(60)65-50(4,5)6)42-23-21-37(31-52-42)38-25-26-51(63-34-38)27-29-55(30-28-51)39-19-14-20-40-44(39)54(7)46(58)56(40)41-22-24-43(61-32-35-15-10-8-11-16-35)53-45(41)62-33-36-17-12-9-13-18-36/h8-24,31,38H,25-30,32-34H2,1-7H3. The summed E-state index contributed by atoms with van der Waals surface area (Å²) in [5.41, 5.74) is 3.89. The fraction of sp³-hybridized carbons (Fsp3) is 0.392. The van der Waals surface area contributed by atoms with Gasteiger partial charge in [0, 0.05) is 38.3 Å². The number of amides is 2. The normalized spacial score (nSPS) is 16.3. The quantitative estimate of drug-likeness (QED) is 0.130. The third kappa shape index (κ3) is 10.3. The zero-order valence-electron chi connectivity index (χ0n) is 38.3. The van der Waals surface area contributed by atoms with E-state index in [2.05, 4.69) is 16.0 Å². The number of rotatable bonds is 10. The Kier molecular flexibility index (Phi) is 12.7. The summed E-state index contributed by atoms with van der Waals surface area (Å²) in [6.45, 7) is 13.0. The molecular weight excluding hydrogens is 825 g/mol. The van der Waals surface area contributed by atoms with E-state index in [1.54, 1.807) is 69.0 Å². The van der Waals surface area contributed by atoms with E-state index >= 15 is 0 Å². The molecule has 1 spiro atoms. The van der Waals surface area contributed by atoms with Crippen LogP contribution in [0.25, 0.3) is 16.7 Å². The van der Waals surface area contributed by atoms with Gasteiger partial charge in [0.25, 0.3) is 0 Å². The fourth-order valence-electron chi connectivity index (χ4n) is 8.44. The summed E-state index contributed by atoms with van der Waals surface area (Å²) < 4.78 is 33.6. The number of hydrogen-bond donors (Lipinski definition) is 0. The van der Waals surface area contributed by atoms with Crippen LogP contribution in [0.5, 0.6) is 11.8 Å². The van der Waals surface area contributed by atoms with E-state index in [0.29, 0.717) is 30.7 Å². The molecule has 14 heteroatoms. The number of aryl methyl sites for hydroxylation is 1. The highest BCUT2D eigenvalue weighted by molar-refractivity contribution is 6.08. The molecule has 2 amide bonds. The van der Waals surface area contributed by atoms with Crippen LogP contribution < -0.4 is 25.0 Å². The van der Waals surface area contributed by atoms with E-state index in [0.717, 1.165) is 77.1 Å². The van der Waals surface area contributed by atoms with E-state index in [1.165, 1.54) is 0 Å². The van der Waals surface area contributed by atoms with Gasteiger partial charge in [-0.05, 0) is 108 Å². The van der Waals surface area contributed by atoms with E-state index in [-0.39, 0.29) is 29.6 Å². The number of para-hydroxylation sites is 1. The maximum atomic E-state index is 14.3. The van der Waals surface area contributed by atoms with Crippen LogP contribution in [-0.4, -0.2) is 67.8 Å². The summed E-state index contributed by atoms with van der Waals surface area (Å²) in [6, 6.07) is 32.9. The van der Waals surface area contributed by atoms with Gasteiger partial charge < -0.3 is 28.6 Å². The molecule has 0 N–H and O–H groups in total. The van der Waals surface area contributed by atoms with Gasteiger partial charge in [-0.25, -0.2) is 19.4 Å². The second-order valence-electron chi connectivity index (χ2n) is 18.8. The molecule has 2 aliphatic rings. The smallest absolute Gasteiger partial charge is 0.425 e. The first-order valence-electron chi connectivity index (χ1n) is 22.2. The maximum Gasteiger partial charge on any atom is 0.425 e. The van der Waals surface area contributed by atoms with Crippen LogP contribution in [0.3, 0.4) is 0 Å². The van der Waals surface area contributed by atoms with Crippen molar-refractivity contribution in [1.82, 2.24) is 19.1 Å². The summed E-state index contributed by atoms with van der Waals surface area (Å²) in [4.78, 5) is 53.1. The molecule has 3 aromatic heterocycles. The largest absolute Gasteiger partial charge is 0.473 e. The van der Waals surface area contributed by atoms with Crippen LogP contribution in [0, 0.1) is 0 Å². The number of benzene rings is 3. The van der Waals surface area contributed by atoms with Crippen LogP contribution in [0.15, 0.2) is 114 Å². The van der Waals surface area contributed by atoms with Gasteiger partial charge >= 0.3 is 17.9 Å². The van der Waals surface area contributed by atoms with Crippen molar-refractivity contribution in [2.24, 2.45) is 7.05 Å². The van der Waals surface area contributed by atoms with Crippen molar-refractivity contribution in [3.63, 3.8) is 0 Å². The summed E-state index contributed by atoms with van der Waals surface area (Å²) in [6.07, 6.45) is 3.41. The van der Waals surface area contributed by atoms with Gasteiger partial charge in [0.15, 0.2) is 0 Å². The average Bonchev–Trinajstić information content (AvgIpc) is 3.53. The van der Waals surface area contributed by atoms with Gasteiger partial charge in [0.1, 0.15) is 35.9 Å². The molecule has 8 rings (SSSR count). The molecule has 0 aliphatic carbocycles. The van der Waals surface area contributed by atoms with Gasteiger partial charge in [-0.15, -0.1) is 0 Å². The number of piperidine rings is 1. The zero-order valence-corrected chi connectivity index (χ0v) is 38.3. The van der Waals surface area contributed by atoms with E-state index in [1.807, 2.05) is 92.0 Å². The molecule has 65 heavy (non-hydrogen) atoms. The Labute approximate surface area is 379 Å². The van der Waals surface area contributed by atoms with Crippen molar-refractivity contribution in [1.29, 1.82) is 0 Å². The van der Waals surface area contributed by atoms with Crippen molar-refractivity contribution < 1.29 is 33.3 Å². The lowest BCUT2D eigenvalue weighted by molar-refractivity contribution is -0.100. The van der Waals surface area contributed by atoms with Crippen LogP contribution in [0.1, 0.15) is 89.8 Å². The molecule has 0 saturated carbocycles. The molecule has 2 aliphatic heterocycles. The molecule has 2 saturated heterocycles. The molecule has 1 atom stereocenters. The lowest BCUT2D eigenvalue weighted by Gasteiger charge is -2.46. The number of imidazole rings is 1. The molecule has 2 fully saturated rings. The van der Waals surface area contributed by atoms with Crippen LogP contribution >= 0.6 is 0 Å². The highest BCUT2D eigenvalue weighted by Gasteiger charge is 2.41. The van der Waals surface area contributed by atoms with Crippen molar-refractivity contribution in [3.8, 4) is 17.4 Å². The molecule has 5 heterocycles. The van der Waals surface area contributed by atoms with Crippen molar-refractivity contribution in [2.75, 3.05) is 29.5 Å². The Morgan fingerprint density at radius 3 is 1.95 bits per heavy atom. The molecule has 1 unspecified atom stereocenters. The molecule has 0 bridgehead atoms. The Balaban J connectivity index is 0.967. The topological polar surface area (TPSA) is 139 Å². The number of anilines is 2. The molecule has 14 nitrogen and oxygen atoms in total. The first-order chi connectivity index (χ1) is 31.1. The van der Waals surface area contributed by atoms with Gasteiger partial charge in [-0.2, -0.15) is 9.88 Å². The molecular formula is C51H58N6O8. The first kappa shape index (κ1) is 44.9. The number of pyridine rings is 2. The van der Waals surface area contributed by atoms with E-state index < -0.39 is 23.4 Å². The number of aromatic nitrogens is 4. The number of fused-ring (bicyclic) bond motifs is 1. The van der Waals surface area contributed by atoms with Crippen LogP contribution in [-0.2, 0) is 34.5 Å². The van der Waals surface area contributed by atoms with Gasteiger partial charge in [-0.3, -0.25) is 9.13 Å². The molecule has 0 radical (unpaired) electrons. The maximum absolute atomic E-state index is 14.3. The van der Waals surface area contributed by atoms with Crippen molar-refractivity contribution in [3.05, 3.63) is 136 Å². The molecule has 340 valence electrons. The van der Waals surface area contributed by atoms with Crippen molar-refractivity contribution >= 4 is 34.7 Å². The number of hydrogen-bond acceptors (Lipinski definition) is 11. The lowest BCUT2D eigenvalue weighted by atomic mass is 9.80. The van der Waals surface area contributed by atoms with Gasteiger partial charge in [0.2, 0.25) is 11.8 Å². The minimum Gasteiger partial charge on any atom is -0.473 e. The zero-order chi connectivity index (χ0) is 45.9. The Bertz CT molecular complexity index is 2640. The number of imide groups is 1. The van der Waals surface area contributed by atoms with Gasteiger partial charge in [-0.1, -0.05) is 72.8 Å². The predicted octanol–water partition coefficient (Wildman–Crippen LogP) is 9.89. The number of ether oxygens (including phenoxy) is 5. The SMILES string of the molecule is Cn1c(=O)n(-c2ccc(OCc3ccccc3)nc2OCc2ccccc2)c2cccc(N3CCC4(CCC(c5ccc(N(C(=O)OC(C)(C)C)C(=O)OC(C)(C)C)nc5)CO4)CC3)c21. The second-order valence-corrected chi connectivity index (χ2v) is 18.8. The highest BCUT2D eigenvalue weighted by atomic mass is 16.6. The summed E-state index contributed by atoms with van der Waals surface area (Å²) in [5, 5.41) is 0. The third-order valence-electron chi connectivity index (χ3n) is 11.7. The van der Waals surface area contributed by atoms with Gasteiger partial charge in [0.05, 0.1) is 28.9 Å². The minimum absolute atomic E-state index is 0.0975. The van der Waals surface area contributed by atoms with Crippen molar-refractivity contribution in [2.45, 2.75) is 103 Å². The number of nitrogens with zero attached hydrogens (tertiary/aromatic N) is 6. The minimum atomic E-state index is -0.858. The predicted molar refractivity (Wildman–Crippen MR) is 249 cm³/mol. The number of carbonyl (C=O) groups excluding carboxylic acids is 2. The Hall–Kier alpha value is -6.67. The third-order valence-corrected chi connectivity index (χ3v) is 11.7. The summed E-state index contributed by atoms with van der Waals surface area (Å²) in [7, 11) is 1.81. The average molecular weight is 883 g/mol. The van der Waals surface area contributed by atoms with E-state index in [4.69, 9.17) is 28.7 Å². The summed E-state index contributed by atoms with van der Waals surface area (Å²) >= 11 is 0.